The molecule has 6 heteroatoms. The summed E-state index contributed by atoms with van der Waals surface area (Å²) in [5.41, 5.74) is 0.961. The number of nitrogens with zero attached hydrogens (tertiary/aromatic N) is 3. The first kappa shape index (κ1) is 10.4. The van der Waals surface area contributed by atoms with Crippen molar-refractivity contribution in [1.29, 1.82) is 0 Å². The molecule has 0 saturated heterocycles. The van der Waals surface area contributed by atoms with Crippen LogP contribution < -0.4 is 9.47 Å². The number of rotatable bonds is 4. The van der Waals surface area contributed by atoms with Crippen molar-refractivity contribution in [1.82, 2.24) is 20.6 Å². The van der Waals surface area contributed by atoms with E-state index in [0.29, 0.717) is 12.2 Å². The summed E-state index contributed by atoms with van der Waals surface area (Å²) in [6, 6.07) is 5.60. The normalized spacial score (nSPS) is 10.1. The molecule has 0 amide bonds. The highest BCUT2D eigenvalue weighted by Crippen LogP contribution is 2.25. The zero-order valence-electron chi connectivity index (χ0n) is 9.10. The Kier molecular flexibility index (Phi) is 3.00. The summed E-state index contributed by atoms with van der Waals surface area (Å²) < 4.78 is 10.4. The van der Waals surface area contributed by atoms with Crippen LogP contribution in [0.5, 0.6) is 11.5 Å². The standard InChI is InChI=1S/C10H12N4O2/c1-15-8-3-4-9(16-2)7(5-8)6-10-11-13-14-12-10/h3-5H,6H2,1-2H3,(H,11,12,13,14). The van der Waals surface area contributed by atoms with Gasteiger partial charge in [0, 0.05) is 12.0 Å². The Morgan fingerprint density at radius 1 is 1.25 bits per heavy atom. The number of hydrogen-bond acceptors (Lipinski definition) is 5. The van der Waals surface area contributed by atoms with Crippen LogP contribution in [-0.4, -0.2) is 34.8 Å². The molecule has 0 aliphatic carbocycles. The van der Waals surface area contributed by atoms with Crippen molar-refractivity contribution in [2.24, 2.45) is 0 Å². The molecule has 2 rings (SSSR count). The largest absolute Gasteiger partial charge is 0.497 e. The lowest BCUT2D eigenvalue weighted by atomic mass is 10.1. The maximum atomic E-state index is 5.25. The van der Waals surface area contributed by atoms with Crippen LogP contribution >= 0.6 is 0 Å². The molecule has 0 bridgehead atoms. The Hall–Kier alpha value is -2.11. The monoisotopic (exact) mass is 220 g/mol. The summed E-state index contributed by atoms with van der Waals surface area (Å²) in [7, 11) is 3.25. The van der Waals surface area contributed by atoms with Gasteiger partial charge in [0.1, 0.15) is 11.5 Å². The molecule has 0 fully saturated rings. The van der Waals surface area contributed by atoms with Crippen LogP contribution in [0, 0.1) is 0 Å². The molecule has 0 radical (unpaired) electrons. The third kappa shape index (κ3) is 2.10. The summed E-state index contributed by atoms with van der Waals surface area (Å²) in [5.74, 6) is 2.18. The SMILES string of the molecule is COc1ccc(OC)c(Cc2nn[nH]n2)c1. The highest BCUT2D eigenvalue weighted by molar-refractivity contribution is 5.41. The number of methoxy groups -OCH3 is 2. The lowest BCUT2D eigenvalue weighted by molar-refractivity contribution is 0.399. The van der Waals surface area contributed by atoms with Crippen LogP contribution in [0.4, 0.5) is 0 Å². The van der Waals surface area contributed by atoms with Crippen LogP contribution in [-0.2, 0) is 6.42 Å². The molecule has 1 N–H and O–H groups in total. The first-order chi connectivity index (χ1) is 7.83. The predicted octanol–water partition coefficient (Wildman–Crippen LogP) is 0.808. The molecule has 1 aromatic carbocycles. The van der Waals surface area contributed by atoms with Crippen molar-refractivity contribution in [3.63, 3.8) is 0 Å². The fraction of sp³-hybridized carbons (Fsp3) is 0.300. The molecule has 0 atom stereocenters. The Morgan fingerprint density at radius 3 is 2.75 bits per heavy atom. The van der Waals surface area contributed by atoms with Crippen molar-refractivity contribution >= 4 is 0 Å². The van der Waals surface area contributed by atoms with Gasteiger partial charge in [-0.1, -0.05) is 5.21 Å². The van der Waals surface area contributed by atoms with Crippen LogP contribution in [0.3, 0.4) is 0 Å². The van der Waals surface area contributed by atoms with E-state index in [-0.39, 0.29) is 0 Å². The smallest absolute Gasteiger partial charge is 0.179 e. The molecule has 0 saturated carbocycles. The van der Waals surface area contributed by atoms with E-state index in [0.717, 1.165) is 17.1 Å². The first-order valence-corrected chi connectivity index (χ1v) is 4.76. The van der Waals surface area contributed by atoms with E-state index in [9.17, 15) is 0 Å². The van der Waals surface area contributed by atoms with Gasteiger partial charge in [-0.15, -0.1) is 10.2 Å². The Bertz CT molecular complexity index is 456. The molecule has 6 nitrogen and oxygen atoms in total. The van der Waals surface area contributed by atoms with E-state index in [2.05, 4.69) is 20.6 Å². The molecule has 0 aliphatic heterocycles. The average Bonchev–Trinajstić information content (AvgIpc) is 2.82. The molecule has 1 heterocycles. The van der Waals surface area contributed by atoms with E-state index in [1.165, 1.54) is 0 Å². The van der Waals surface area contributed by atoms with Gasteiger partial charge in [-0.25, -0.2) is 0 Å². The van der Waals surface area contributed by atoms with Gasteiger partial charge in [0.05, 0.1) is 14.2 Å². The number of tetrazole rings is 1. The number of benzene rings is 1. The summed E-state index contributed by atoms with van der Waals surface area (Å²) in [6.45, 7) is 0. The minimum Gasteiger partial charge on any atom is -0.497 e. The number of aromatic amines is 1. The van der Waals surface area contributed by atoms with Gasteiger partial charge in [0.15, 0.2) is 5.82 Å². The molecule has 0 unspecified atom stereocenters. The van der Waals surface area contributed by atoms with E-state index < -0.39 is 0 Å². The highest BCUT2D eigenvalue weighted by Gasteiger charge is 2.08. The number of hydrogen-bond donors (Lipinski definition) is 1. The van der Waals surface area contributed by atoms with E-state index in [4.69, 9.17) is 9.47 Å². The average molecular weight is 220 g/mol. The summed E-state index contributed by atoms with van der Waals surface area (Å²) in [4.78, 5) is 0. The third-order valence-electron chi connectivity index (χ3n) is 2.23. The quantitative estimate of drug-likeness (QED) is 0.825. The van der Waals surface area contributed by atoms with Crippen LogP contribution in [0.15, 0.2) is 18.2 Å². The fourth-order valence-corrected chi connectivity index (χ4v) is 1.45. The zero-order chi connectivity index (χ0) is 11.4. The predicted molar refractivity (Wildman–Crippen MR) is 56.5 cm³/mol. The van der Waals surface area contributed by atoms with Crippen molar-refractivity contribution in [3.05, 3.63) is 29.6 Å². The molecular weight excluding hydrogens is 208 g/mol. The van der Waals surface area contributed by atoms with Crippen molar-refractivity contribution in [3.8, 4) is 11.5 Å². The van der Waals surface area contributed by atoms with Gasteiger partial charge in [0.2, 0.25) is 0 Å². The zero-order valence-corrected chi connectivity index (χ0v) is 9.10. The third-order valence-corrected chi connectivity index (χ3v) is 2.23. The molecule has 16 heavy (non-hydrogen) atoms. The number of aromatic nitrogens is 4. The molecule has 2 aromatic rings. The van der Waals surface area contributed by atoms with E-state index in [1.807, 2.05) is 18.2 Å². The van der Waals surface area contributed by atoms with Crippen LogP contribution in [0.1, 0.15) is 11.4 Å². The summed E-state index contributed by atoms with van der Waals surface area (Å²) in [5, 5.41) is 13.7. The van der Waals surface area contributed by atoms with Gasteiger partial charge in [-0.2, -0.15) is 5.21 Å². The first-order valence-electron chi connectivity index (χ1n) is 4.76. The van der Waals surface area contributed by atoms with Gasteiger partial charge >= 0.3 is 0 Å². The lowest BCUT2D eigenvalue weighted by Crippen LogP contribution is -1.96. The molecule has 0 spiro atoms. The minimum atomic E-state index is 0.552. The summed E-state index contributed by atoms with van der Waals surface area (Å²) >= 11 is 0. The number of H-pyrrole nitrogens is 1. The summed E-state index contributed by atoms with van der Waals surface area (Å²) in [6.07, 6.45) is 0.552. The van der Waals surface area contributed by atoms with Crippen molar-refractivity contribution < 1.29 is 9.47 Å². The minimum absolute atomic E-state index is 0.552. The van der Waals surface area contributed by atoms with Gasteiger partial charge in [0.25, 0.3) is 0 Å². The second kappa shape index (κ2) is 4.61. The number of ether oxygens (including phenoxy) is 2. The van der Waals surface area contributed by atoms with Gasteiger partial charge in [-0.3, -0.25) is 0 Å². The Morgan fingerprint density at radius 2 is 2.12 bits per heavy atom. The van der Waals surface area contributed by atoms with Crippen LogP contribution in [0.2, 0.25) is 0 Å². The van der Waals surface area contributed by atoms with Crippen molar-refractivity contribution in [2.45, 2.75) is 6.42 Å². The van der Waals surface area contributed by atoms with E-state index in [1.54, 1.807) is 14.2 Å². The Balaban J connectivity index is 2.30. The molecule has 1 aromatic heterocycles. The number of nitrogens with one attached hydrogen (secondary N) is 1. The van der Waals surface area contributed by atoms with Crippen molar-refractivity contribution in [2.75, 3.05) is 14.2 Å². The molecule has 84 valence electrons. The van der Waals surface area contributed by atoms with Gasteiger partial charge in [-0.05, 0) is 18.2 Å². The lowest BCUT2D eigenvalue weighted by Gasteiger charge is -2.08. The maximum absolute atomic E-state index is 5.25. The highest BCUT2D eigenvalue weighted by atomic mass is 16.5. The fourth-order valence-electron chi connectivity index (χ4n) is 1.45. The topological polar surface area (TPSA) is 72.9 Å². The second-order valence-electron chi connectivity index (χ2n) is 3.18. The Labute approximate surface area is 92.6 Å². The van der Waals surface area contributed by atoms with Gasteiger partial charge < -0.3 is 9.47 Å². The molecule has 0 aliphatic rings. The second-order valence-corrected chi connectivity index (χ2v) is 3.18. The van der Waals surface area contributed by atoms with Crippen LogP contribution in [0.25, 0.3) is 0 Å². The van der Waals surface area contributed by atoms with E-state index >= 15 is 0 Å². The molecular formula is C10H12N4O2. The maximum Gasteiger partial charge on any atom is 0.179 e.